The zero-order valence-electron chi connectivity index (χ0n) is 13.6. The molecule has 24 heavy (non-hydrogen) atoms. The number of hydrogen-bond donors (Lipinski definition) is 2. The number of benzene rings is 1. The lowest BCUT2D eigenvalue weighted by atomic mass is 10.1. The molecule has 3 heterocycles. The molecular weight excluding hydrogens is 300 g/mol. The minimum Gasteiger partial charge on any atom is -0.370 e. The molecule has 0 saturated carbocycles. The Kier molecular flexibility index (Phi) is 4.29. The normalized spacial score (nSPS) is 16.6. The highest BCUT2D eigenvalue weighted by Gasteiger charge is 2.17. The van der Waals surface area contributed by atoms with E-state index < -0.39 is 0 Å². The predicted octanol–water partition coefficient (Wildman–Crippen LogP) is 1.94. The van der Waals surface area contributed by atoms with Gasteiger partial charge in [-0.1, -0.05) is 12.1 Å². The molecule has 0 amide bonds. The average molecular weight is 322 g/mol. The van der Waals surface area contributed by atoms with Crippen molar-refractivity contribution in [1.82, 2.24) is 24.9 Å². The largest absolute Gasteiger partial charge is 0.370 e. The number of rotatable bonds is 6. The van der Waals surface area contributed by atoms with Crippen LogP contribution in [0.3, 0.4) is 0 Å². The van der Waals surface area contributed by atoms with Crippen molar-refractivity contribution >= 4 is 5.82 Å². The molecule has 124 valence electrons. The van der Waals surface area contributed by atoms with Gasteiger partial charge in [-0.25, -0.2) is 9.36 Å². The Morgan fingerprint density at radius 1 is 1.12 bits per heavy atom. The third kappa shape index (κ3) is 3.33. The van der Waals surface area contributed by atoms with Crippen LogP contribution in [0.1, 0.15) is 5.56 Å². The van der Waals surface area contributed by atoms with Crippen molar-refractivity contribution in [3.8, 4) is 5.69 Å². The van der Waals surface area contributed by atoms with Crippen LogP contribution in [0.4, 0.5) is 5.82 Å². The molecule has 1 aliphatic rings. The maximum atomic E-state index is 4.33. The first-order valence-corrected chi connectivity index (χ1v) is 8.44. The maximum absolute atomic E-state index is 4.33. The summed E-state index contributed by atoms with van der Waals surface area (Å²) in [5.74, 6) is 1.71. The molecule has 2 N–H and O–H groups in total. The van der Waals surface area contributed by atoms with E-state index in [0.29, 0.717) is 5.92 Å². The van der Waals surface area contributed by atoms with Gasteiger partial charge in [0.2, 0.25) is 0 Å². The van der Waals surface area contributed by atoms with Gasteiger partial charge in [-0.3, -0.25) is 0 Å². The summed E-state index contributed by atoms with van der Waals surface area (Å²) in [6.07, 6.45) is 6.64. The molecular formula is C18H22N6. The van der Waals surface area contributed by atoms with Gasteiger partial charge in [0.15, 0.2) is 0 Å². The van der Waals surface area contributed by atoms with Crippen molar-refractivity contribution in [2.75, 3.05) is 25.0 Å². The summed E-state index contributed by atoms with van der Waals surface area (Å²) in [6, 6.07) is 12.5. The number of fused-ring (bicyclic) bond motifs is 1. The van der Waals surface area contributed by atoms with Gasteiger partial charge in [-0.2, -0.15) is 10.2 Å². The first kappa shape index (κ1) is 15.0. The number of nitrogens with zero attached hydrogens (tertiary/aromatic N) is 4. The van der Waals surface area contributed by atoms with Crippen LogP contribution in [0.2, 0.25) is 0 Å². The highest BCUT2D eigenvalue weighted by molar-refractivity contribution is 5.35. The second-order valence-electron chi connectivity index (χ2n) is 6.22. The quantitative estimate of drug-likeness (QED) is 0.681. The summed E-state index contributed by atoms with van der Waals surface area (Å²) in [5.41, 5.74) is 2.44. The minimum absolute atomic E-state index is 0.583. The predicted molar refractivity (Wildman–Crippen MR) is 94.3 cm³/mol. The van der Waals surface area contributed by atoms with Crippen molar-refractivity contribution in [3.63, 3.8) is 0 Å². The van der Waals surface area contributed by atoms with Crippen LogP contribution in [0.15, 0.2) is 55.0 Å². The number of anilines is 1. The smallest absolute Gasteiger partial charge is 0.124 e. The Bertz CT molecular complexity index is 759. The fraction of sp³-hybridized carbons (Fsp3) is 0.333. The molecule has 2 aromatic heterocycles. The monoisotopic (exact) mass is 322 g/mol. The van der Waals surface area contributed by atoms with Gasteiger partial charge >= 0.3 is 0 Å². The van der Waals surface area contributed by atoms with Gasteiger partial charge in [0.1, 0.15) is 5.82 Å². The summed E-state index contributed by atoms with van der Waals surface area (Å²) < 4.78 is 3.92. The van der Waals surface area contributed by atoms with Gasteiger partial charge in [0.05, 0.1) is 11.9 Å². The second-order valence-corrected chi connectivity index (χ2v) is 6.22. The van der Waals surface area contributed by atoms with Gasteiger partial charge in [0, 0.05) is 44.0 Å². The molecule has 4 rings (SSSR count). The average Bonchev–Trinajstić information content (AvgIpc) is 3.30. The summed E-state index contributed by atoms with van der Waals surface area (Å²) in [5, 5.41) is 15.6. The van der Waals surface area contributed by atoms with Gasteiger partial charge in [-0.15, -0.1) is 0 Å². The topological polar surface area (TPSA) is 59.7 Å². The molecule has 6 heteroatoms. The lowest BCUT2D eigenvalue weighted by Gasteiger charge is -2.25. The number of aromatic nitrogens is 4. The molecule has 1 aromatic carbocycles. The van der Waals surface area contributed by atoms with Crippen molar-refractivity contribution < 1.29 is 0 Å². The molecule has 0 bridgehead atoms. The van der Waals surface area contributed by atoms with Crippen LogP contribution in [-0.4, -0.2) is 39.2 Å². The molecule has 3 aromatic rings. The lowest BCUT2D eigenvalue weighted by Crippen LogP contribution is -2.36. The lowest BCUT2D eigenvalue weighted by molar-refractivity contribution is 0.393. The molecule has 0 saturated heterocycles. The number of hydrogen-bond acceptors (Lipinski definition) is 4. The second kappa shape index (κ2) is 6.88. The Balaban J connectivity index is 1.22. The van der Waals surface area contributed by atoms with Crippen LogP contribution in [0, 0.1) is 5.92 Å². The molecule has 0 radical (unpaired) electrons. The van der Waals surface area contributed by atoms with E-state index in [0.717, 1.165) is 44.1 Å². The summed E-state index contributed by atoms with van der Waals surface area (Å²) in [7, 11) is 0. The van der Waals surface area contributed by atoms with Crippen molar-refractivity contribution in [1.29, 1.82) is 0 Å². The molecule has 6 nitrogen and oxygen atoms in total. The van der Waals surface area contributed by atoms with E-state index >= 15 is 0 Å². The molecule has 1 unspecified atom stereocenters. The van der Waals surface area contributed by atoms with Crippen molar-refractivity contribution in [2.45, 2.75) is 13.0 Å². The van der Waals surface area contributed by atoms with Gasteiger partial charge in [0.25, 0.3) is 0 Å². The van der Waals surface area contributed by atoms with E-state index in [9.17, 15) is 0 Å². The van der Waals surface area contributed by atoms with Crippen LogP contribution in [0.25, 0.3) is 5.69 Å². The van der Waals surface area contributed by atoms with E-state index in [4.69, 9.17) is 0 Å². The Labute approximate surface area is 141 Å². The zero-order valence-corrected chi connectivity index (χ0v) is 13.6. The molecule has 1 aliphatic heterocycles. The van der Waals surface area contributed by atoms with Crippen LogP contribution in [0.5, 0.6) is 0 Å². The highest BCUT2D eigenvalue weighted by Crippen LogP contribution is 2.15. The van der Waals surface area contributed by atoms with Crippen molar-refractivity contribution in [2.24, 2.45) is 5.92 Å². The van der Waals surface area contributed by atoms with Crippen LogP contribution in [-0.2, 0) is 13.0 Å². The maximum Gasteiger partial charge on any atom is 0.124 e. The van der Waals surface area contributed by atoms with E-state index in [-0.39, 0.29) is 0 Å². The first-order chi connectivity index (χ1) is 11.9. The van der Waals surface area contributed by atoms with Crippen LogP contribution < -0.4 is 10.6 Å². The van der Waals surface area contributed by atoms with E-state index in [1.165, 1.54) is 5.56 Å². The SMILES string of the molecule is c1cnn(-c2ccc(CCNCC3CNc4ccnn4C3)cc2)c1. The third-order valence-corrected chi connectivity index (χ3v) is 4.45. The standard InChI is InChI=1S/C18H22N6/c1-8-21-23(11-1)17-4-2-15(3-5-17)6-9-19-12-16-13-20-18-7-10-22-24(18)14-16/h1-5,7-8,10-11,16,19-20H,6,9,12-14H2. The summed E-state index contributed by atoms with van der Waals surface area (Å²) in [6.45, 7) is 4.00. The van der Waals surface area contributed by atoms with E-state index in [1.54, 1.807) is 6.20 Å². The van der Waals surface area contributed by atoms with Crippen LogP contribution >= 0.6 is 0 Å². The van der Waals surface area contributed by atoms with Crippen molar-refractivity contribution in [3.05, 3.63) is 60.6 Å². The zero-order chi connectivity index (χ0) is 16.2. The molecule has 0 spiro atoms. The van der Waals surface area contributed by atoms with Gasteiger partial charge < -0.3 is 10.6 Å². The minimum atomic E-state index is 0.583. The summed E-state index contributed by atoms with van der Waals surface area (Å²) in [4.78, 5) is 0. The van der Waals surface area contributed by atoms with Gasteiger partial charge in [-0.05, 0) is 36.7 Å². The number of nitrogens with one attached hydrogen (secondary N) is 2. The Morgan fingerprint density at radius 3 is 2.88 bits per heavy atom. The summed E-state index contributed by atoms with van der Waals surface area (Å²) >= 11 is 0. The third-order valence-electron chi connectivity index (χ3n) is 4.45. The molecule has 0 fully saturated rings. The molecule has 1 atom stereocenters. The highest BCUT2D eigenvalue weighted by atomic mass is 15.3. The fourth-order valence-electron chi connectivity index (χ4n) is 3.10. The molecule has 0 aliphatic carbocycles. The van der Waals surface area contributed by atoms with E-state index in [1.807, 2.05) is 33.9 Å². The Hall–Kier alpha value is -2.60. The Morgan fingerprint density at radius 2 is 2.04 bits per heavy atom. The first-order valence-electron chi connectivity index (χ1n) is 8.44. The van der Waals surface area contributed by atoms with E-state index in [2.05, 4.69) is 45.1 Å². The fourth-order valence-corrected chi connectivity index (χ4v) is 3.10.